The zero-order valence-electron chi connectivity index (χ0n) is 16.2. The number of rotatable bonds is 6. The van der Waals surface area contributed by atoms with Crippen LogP contribution in [0.25, 0.3) is 0 Å². The van der Waals surface area contributed by atoms with Crippen molar-refractivity contribution in [2.24, 2.45) is 5.92 Å². The highest BCUT2D eigenvalue weighted by molar-refractivity contribution is 5.59. The van der Waals surface area contributed by atoms with E-state index in [1.165, 1.54) is 0 Å². The largest absolute Gasteiger partial charge is 0.493 e. The second-order valence-corrected chi connectivity index (χ2v) is 6.88. The number of hydrogen-bond donors (Lipinski definition) is 2. The lowest BCUT2D eigenvalue weighted by atomic mass is 9.78. The summed E-state index contributed by atoms with van der Waals surface area (Å²) in [5, 5.41) is 12.5. The summed E-state index contributed by atoms with van der Waals surface area (Å²) in [6.45, 7) is 2.80. The van der Waals surface area contributed by atoms with Crippen LogP contribution in [0.15, 0.2) is 30.3 Å². The molecular formula is C21H25NO6. The van der Waals surface area contributed by atoms with Crippen LogP contribution in [0.5, 0.6) is 28.7 Å². The van der Waals surface area contributed by atoms with E-state index in [1.54, 1.807) is 14.2 Å². The predicted molar refractivity (Wildman–Crippen MR) is 103 cm³/mol. The molecule has 0 bridgehead atoms. The molecule has 0 radical (unpaired) electrons. The van der Waals surface area contributed by atoms with E-state index < -0.39 is 0 Å². The molecule has 28 heavy (non-hydrogen) atoms. The SMILES string of the molecule is COc1cccc(C2c3cc4c(cc3OC(NCCO)C2C)OCO4)c1OC. The third-order valence-corrected chi connectivity index (χ3v) is 5.32. The van der Waals surface area contributed by atoms with Gasteiger partial charge in [-0.2, -0.15) is 0 Å². The monoisotopic (exact) mass is 387 g/mol. The number of fused-ring (bicyclic) bond motifs is 2. The molecule has 2 aromatic carbocycles. The van der Waals surface area contributed by atoms with Crippen LogP contribution < -0.4 is 29.0 Å². The standard InChI is InChI=1S/C21H25NO6/c1-12-19(13-5-4-6-15(24-2)20(13)25-3)14-9-17-18(27-11-26-17)10-16(14)28-21(12)22-7-8-23/h4-6,9-10,12,19,21-23H,7-8,11H2,1-3H3. The van der Waals surface area contributed by atoms with E-state index in [4.69, 9.17) is 23.7 Å². The van der Waals surface area contributed by atoms with Crippen LogP contribution in [0.1, 0.15) is 24.0 Å². The average molecular weight is 387 g/mol. The molecule has 0 saturated carbocycles. The Balaban J connectivity index is 1.85. The summed E-state index contributed by atoms with van der Waals surface area (Å²) < 4.78 is 28.6. The van der Waals surface area contributed by atoms with Crippen molar-refractivity contribution in [3.8, 4) is 28.7 Å². The molecule has 0 amide bonds. The van der Waals surface area contributed by atoms with Crippen molar-refractivity contribution in [2.75, 3.05) is 34.2 Å². The Morgan fingerprint density at radius 1 is 1.07 bits per heavy atom. The molecule has 7 heteroatoms. The van der Waals surface area contributed by atoms with Crippen LogP contribution in [-0.2, 0) is 0 Å². The van der Waals surface area contributed by atoms with Gasteiger partial charge in [0.05, 0.1) is 20.8 Å². The van der Waals surface area contributed by atoms with Crippen molar-refractivity contribution in [3.63, 3.8) is 0 Å². The van der Waals surface area contributed by atoms with E-state index in [9.17, 15) is 5.11 Å². The summed E-state index contributed by atoms with van der Waals surface area (Å²) in [5.74, 6) is 3.52. The molecule has 2 aliphatic rings. The molecule has 0 spiro atoms. The Labute approximate surface area is 164 Å². The molecule has 3 unspecified atom stereocenters. The lowest BCUT2D eigenvalue weighted by Gasteiger charge is -2.39. The minimum atomic E-state index is -0.277. The molecule has 0 aliphatic carbocycles. The summed E-state index contributed by atoms with van der Waals surface area (Å²) in [6, 6.07) is 9.75. The Kier molecular flexibility index (Phi) is 5.19. The molecule has 2 aromatic rings. The van der Waals surface area contributed by atoms with E-state index in [0.29, 0.717) is 29.5 Å². The van der Waals surface area contributed by atoms with Crippen molar-refractivity contribution in [1.29, 1.82) is 0 Å². The van der Waals surface area contributed by atoms with Gasteiger partial charge in [0.2, 0.25) is 6.79 Å². The van der Waals surface area contributed by atoms with Gasteiger partial charge in [-0.1, -0.05) is 19.1 Å². The minimum absolute atomic E-state index is 0.0282. The topological polar surface area (TPSA) is 78.4 Å². The van der Waals surface area contributed by atoms with Crippen LogP contribution in [-0.4, -0.2) is 45.5 Å². The lowest BCUT2D eigenvalue weighted by Crippen LogP contribution is -2.46. The molecule has 0 aromatic heterocycles. The lowest BCUT2D eigenvalue weighted by molar-refractivity contribution is 0.0737. The number of hydrogen-bond acceptors (Lipinski definition) is 7. The number of ether oxygens (including phenoxy) is 5. The number of methoxy groups -OCH3 is 2. The van der Waals surface area contributed by atoms with Crippen LogP contribution in [0.3, 0.4) is 0 Å². The first-order chi connectivity index (χ1) is 13.7. The Bertz CT molecular complexity index is 855. The van der Waals surface area contributed by atoms with Gasteiger partial charge in [-0.25, -0.2) is 0 Å². The average Bonchev–Trinajstić information content (AvgIpc) is 3.17. The van der Waals surface area contributed by atoms with Gasteiger partial charge >= 0.3 is 0 Å². The summed E-state index contributed by atoms with van der Waals surface area (Å²) >= 11 is 0. The van der Waals surface area contributed by atoms with Crippen molar-refractivity contribution >= 4 is 0 Å². The zero-order valence-corrected chi connectivity index (χ0v) is 16.2. The fraction of sp³-hybridized carbons (Fsp3) is 0.429. The summed E-state index contributed by atoms with van der Waals surface area (Å²) in [6.07, 6.45) is -0.277. The Morgan fingerprint density at radius 2 is 1.86 bits per heavy atom. The molecular weight excluding hydrogens is 362 g/mol. The van der Waals surface area contributed by atoms with Crippen LogP contribution in [0, 0.1) is 5.92 Å². The molecule has 150 valence electrons. The number of benzene rings is 2. The van der Waals surface area contributed by atoms with Gasteiger partial charge in [-0.05, 0) is 12.1 Å². The number of aliphatic hydroxyl groups excluding tert-OH is 1. The van der Waals surface area contributed by atoms with E-state index in [1.807, 2.05) is 30.3 Å². The first-order valence-corrected chi connectivity index (χ1v) is 9.33. The fourth-order valence-corrected chi connectivity index (χ4v) is 4.03. The van der Waals surface area contributed by atoms with Gasteiger partial charge < -0.3 is 28.8 Å². The normalized spacial score (nSPS) is 22.4. The summed E-state index contributed by atoms with van der Waals surface area (Å²) in [5.41, 5.74) is 2.01. The number of aliphatic hydroxyl groups is 1. The van der Waals surface area contributed by atoms with Crippen molar-refractivity contribution in [2.45, 2.75) is 19.1 Å². The highest BCUT2D eigenvalue weighted by atomic mass is 16.7. The van der Waals surface area contributed by atoms with Gasteiger partial charge in [0, 0.05) is 35.6 Å². The number of nitrogens with one attached hydrogen (secondary N) is 1. The van der Waals surface area contributed by atoms with E-state index in [0.717, 1.165) is 16.9 Å². The van der Waals surface area contributed by atoms with E-state index in [2.05, 4.69) is 12.2 Å². The predicted octanol–water partition coefficient (Wildman–Crippen LogP) is 2.50. The van der Waals surface area contributed by atoms with Crippen molar-refractivity contribution in [3.05, 3.63) is 41.5 Å². The van der Waals surface area contributed by atoms with Crippen LogP contribution in [0.2, 0.25) is 0 Å². The third-order valence-electron chi connectivity index (χ3n) is 5.32. The maximum absolute atomic E-state index is 9.25. The van der Waals surface area contributed by atoms with Crippen LogP contribution >= 0.6 is 0 Å². The van der Waals surface area contributed by atoms with Crippen LogP contribution in [0.4, 0.5) is 0 Å². The van der Waals surface area contributed by atoms with Gasteiger partial charge in [0.1, 0.15) is 5.75 Å². The van der Waals surface area contributed by atoms with E-state index >= 15 is 0 Å². The third kappa shape index (κ3) is 3.10. The highest BCUT2D eigenvalue weighted by Gasteiger charge is 2.39. The van der Waals surface area contributed by atoms with Gasteiger partial charge in [0.15, 0.2) is 29.2 Å². The zero-order chi connectivity index (χ0) is 19.7. The smallest absolute Gasteiger partial charge is 0.231 e. The molecule has 4 rings (SSSR count). The fourth-order valence-electron chi connectivity index (χ4n) is 4.03. The second-order valence-electron chi connectivity index (χ2n) is 6.88. The Hall–Kier alpha value is -2.64. The molecule has 3 atom stereocenters. The first-order valence-electron chi connectivity index (χ1n) is 9.33. The molecule has 7 nitrogen and oxygen atoms in total. The highest BCUT2D eigenvalue weighted by Crippen LogP contribution is 2.51. The quantitative estimate of drug-likeness (QED) is 0.788. The van der Waals surface area contributed by atoms with Gasteiger partial charge in [-0.3, -0.25) is 5.32 Å². The molecule has 2 heterocycles. The van der Waals surface area contributed by atoms with Crippen molar-refractivity contribution < 1.29 is 28.8 Å². The van der Waals surface area contributed by atoms with Gasteiger partial charge in [0.25, 0.3) is 0 Å². The van der Waals surface area contributed by atoms with Crippen molar-refractivity contribution in [1.82, 2.24) is 5.32 Å². The summed E-state index contributed by atoms with van der Waals surface area (Å²) in [4.78, 5) is 0. The van der Waals surface area contributed by atoms with E-state index in [-0.39, 0.29) is 31.5 Å². The molecule has 2 aliphatic heterocycles. The first kappa shape index (κ1) is 18.7. The molecule has 0 saturated heterocycles. The van der Waals surface area contributed by atoms with Gasteiger partial charge in [-0.15, -0.1) is 0 Å². The molecule has 2 N–H and O–H groups in total. The maximum atomic E-state index is 9.25. The second kappa shape index (κ2) is 7.77. The molecule has 0 fully saturated rings. The number of para-hydroxylation sites is 1. The summed E-state index contributed by atoms with van der Waals surface area (Å²) in [7, 11) is 3.28. The maximum Gasteiger partial charge on any atom is 0.231 e. The minimum Gasteiger partial charge on any atom is -0.493 e. The Morgan fingerprint density at radius 3 is 2.57 bits per heavy atom.